The van der Waals surface area contributed by atoms with E-state index in [0.29, 0.717) is 11.5 Å². The van der Waals surface area contributed by atoms with Crippen molar-refractivity contribution < 1.29 is 9.47 Å². The fraction of sp³-hybridized carbons (Fsp3) is 0.294. The van der Waals surface area contributed by atoms with Gasteiger partial charge >= 0.3 is 0 Å². The zero-order chi connectivity index (χ0) is 15.4. The molecule has 0 amide bonds. The molecular formula is C17H20ClNO2. The Labute approximate surface area is 130 Å². The first-order valence-corrected chi connectivity index (χ1v) is 7.15. The predicted molar refractivity (Wildman–Crippen MR) is 86.4 cm³/mol. The van der Waals surface area contributed by atoms with Gasteiger partial charge in [-0.3, -0.25) is 0 Å². The van der Waals surface area contributed by atoms with Crippen LogP contribution >= 0.6 is 11.6 Å². The van der Waals surface area contributed by atoms with Gasteiger partial charge in [-0.15, -0.1) is 0 Å². The number of halogens is 1. The lowest BCUT2D eigenvalue weighted by Crippen LogP contribution is -2.15. The molecule has 0 fully saturated rings. The van der Waals surface area contributed by atoms with Crippen molar-refractivity contribution in [2.75, 3.05) is 14.2 Å². The molecule has 0 aromatic heterocycles. The fourth-order valence-electron chi connectivity index (χ4n) is 2.42. The molecule has 0 bridgehead atoms. The van der Waals surface area contributed by atoms with Crippen molar-refractivity contribution in [1.29, 1.82) is 0 Å². The minimum absolute atomic E-state index is 0.122. The summed E-state index contributed by atoms with van der Waals surface area (Å²) >= 11 is 6.02. The first kappa shape index (κ1) is 15.7. The van der Waals surface area contributed by atoms with Gasteiger partial charge in [0, 0.05) is 11.1 Å². The smallest absolute Gasteiger partial charge is 0.161 e. The third kappa shape index (κ3) is 3.69. The zero-order valence-electron chi connectivity index (χ0n) is 12.5. The molecule has 0 spiro atoms. The van der Waals surface area contributed by atoms with Crippen LogP contribution in [-0.4, -0.2) is 14.2 Å². The van der Waals surface area contributed by atoms with Gasteiger partial charge in [0.05, 0.1) is 14.2 Å². The van der Waals surface area contributed by atoms with Gasteiger partial charge in [-0.25, -0.2) is 0 Å². The van der Waals surface area contributed by atoms with Crippen molar-refractivity contribution in [1.82, 2.24) is 0 Å². The van der Waals surface area contributed by atoms with Crippen LogP contribution in [0.2, 0.25) is 5.02 Å². The van der Waals surface area contributed by atoms with E-state index in [4.69, 9.17) is 26.8 Å². The molecule has 0 saturated heterocycles. The average Bonchev–Trinajstić information content (AvgIpc) is 2.46. The minimum atomic E-state index is -0.122. The summed E-state index contributed by atoms with van der Waals surface area (Å²) in [5, 5.41) is 0.726. The molecule has 2 rings (SSSR count). The first-order chi connectivity index (χ1) is 10.0. The largest absolute Gasteiger partial charge is 0.493 e. The Morgan fingerprint density at radius 3 is 2.38 bits per heavy atom. The van der Waals surface area contributed by atoms with Crippen LogP contribution in [0.15, 0.2) is 36.4 Å². The van der Waals surface area contributed by atoms with E-state index in [1.807, 2.05) is 43.3 Å². The second kappa shape index (κ2) is 6.83. The molecule has 0 aliphatic heterocycles. The van der Waals surface area contributed by atoms with Crippen molar-refractivity contribution in [3.63, 3.8) is 0 Å². The van der Waals surface area contributed by atoms with E-state index in [9.17, 15) is 0 Å². The van der Waals surface area contributed by atoms with Gasteiger partial charge in [0.1, 0.15) is 0 Å². The van der Waals surface area contributed by atoms with E-state index in [1.165, 1.54) is 0 Å². The van der Waals surface area contributed by atoms with Crippen LogP contribution in [0, 0.1) is 6.92 Å². The lowest BCUT2D eigenvalue weighted by atomic mass is 9.95. The van der Waals surface area contributed by atoms with Gasteiger partial charge < -0.3 is 15.2 Å². The second-order valence-corrected chi connectivity index (χ2v) is 5.44. The maximum Gasteiger partial charge on any atom is 0.161 e. The molecule has 2 N–H and O–H groups in total. The average molecular weight is 306 g/mol. The molecule has 4 heteroatoms. The summed E-state index contributed by atoms with van der Waals surface area (Å²) in [6.07, 6.45) is 0.719. The molecule has 21 heavy (non-hydrogen) atoms. The Morgan fingerprint density at radius 2 is 1.76 bits per heavy atom. The van der Waals surface area contributed by atoms with Crippen LogP contribution in [0.3, 0.4) is 0 Å². The van der Waals surface area contributed by atoms with Crippen LogP contribution in [0.25, 0.3) is 0 Å². The van der Waals surface area contributed by atoms with E-state index >= 15 is 0 Å². The molecule has 2 aromatic rings. The topological polar surface area (TPSA) is 44.5 Å². The van der Waals surface area contributed by atoms with Crippen molar-refractivity contribution in [2.24, 2.45) is 5.73 Å². The summed E-state index contributed by atoms with van der Waals surface area (Å²) in [6.45, 7) is 2.02. The van der Waals surface area contributed by atoms with Gasteiger partial charge in [-0.05, 0) is 54.3 Å². The predicted octanol–water partition coefficient (Wildman–Crippen LogP) is 3.91. The number of aryl methyl sites for hydroxylation is 1. The van der Waals surface area contributed by atoms with Gasteiger partial charge in [-0.2, -0.15) is 0 Å². The first-order valence-electron chi connectivity index (χ1n) is 6.77. The standard InChI is InChI=1S/C17H20ClNO2/c1-11-7-16(20-2)17(21-3)10-14(11)15(19)9-12-5-4-6-13(18)8-12/h4-8,10,15H,9,19H2,1-3H3. The summed E-state index contributed by atoms with van der Waals surface area (Å²) in [6, 6.07) is 11.5. The molecule has 0 heterocycles. The summed E-state index contributed by atoms with van der Waals surface area (Å²) in [7, 11) is 3.25. The Balaban J connectivity index is 2.28. The van der Waals surface area contributed by atoms with E-state index in [-0.39, 0.29) is 6.04 Å². The van der Waals surface area contributed by atoms with Crippen molar-refractivity contribution in [3.05, 3.63) is 58.1 Å². The molecule has 0 aliphatic rings. The lowest BCUT2D eigenvalue weighted by Gasteiger charge is -2.18. The number of nitrogens with two attached hydrogens (primary N) is 1. The summed E-state index contributed by atoms with van der Waals surface area (Å²) in [5.74, 6) is 1.41. The van der Waals surface area contributed by atoms with Crippen LogP contribution in [0.1, 0.15) is 22.7 Å². The Hall–Kier alpha value is -1.71. The van der Waals surface area contributed by atoms with Gasteiger partial charge in [0.25, 0.3) is 0 Å². The van der Waals surface area contributed by atoms with E-state index in [1.54, 1.807) is 14.2 Å². The van der Waals surface area contributed by atoms with E-state index in [0.717, 1.165) is 28.1 Å². The van der Waals surface area contributed by atoms with Gasteiger partial charge in [-0.1, -0.05) is 23.7 Å². The quantitative estimate of drug-likeness (QED) is 0.911. The highest BCUT2D eigenvalue weighted by molar-refractivity contribution is 6.30. The van der Waals surface area contributed by atoms with Crippen LogP contribution < -0.4 is 15.2 Å². The monoisotopic (exact) mass is 305 g/mol. The van der Waals surface area contributed by atoms with Crippen LogP contribution in [-0.2, 0) is 6.42 Å². The van der Waals surface area contributed by atoms with Crippen molar-refractivity contribution in [3.8, 4) is 11.5 Å². The van der Waals surface area contributed by atoms with Crippen LogP contribution in [0.4, 0.5) is 0 Å². The highest BCUT2D eigenvalue weighted by Gasteiger charge is 2.14. The molecule has 3 nitrogen and oxygen atoms in total. The summed E-state index contributed by atoms with van der Waals surface area (Å²) in [5.41, 5.74) is 9.60. The zero-order valence-corrected chi connectivity index (χ0v) is 13.3. The third-order valence-corrected chi connectivity index (χ3v) is 3.75. The number of benzene rings is 2. The normalized spacial score (nSPS) is 12.0. The highest BCUT2D eigenvalue weighted by atomic mass is 35.5. The number of rotatable bonds is 5. The molecule has 112 valence electrons. The second-order valence-electron chi connectivity index (χ2n) is 5.00. The van der Waals surface area contributed by atoms with Crippen LogP contribution in [0.5, 0.6) is 11.5 Å². The van der Waals surface area contributed by atoms with Crippen molar-refractivity contribution in [2.45, 2.75) is 19.4 Å². The van der Waals surface area contributed by atoms with Gasteiger partial charge in [0.2, 0.25) is 0 Å². The molecule has 1 atom stereocenters. The number of methoxy groups -OCH3 is 2. The maximum absolute atomic E-state index is 6.35. The molecule has 0 radical (unpaired) electrons. The fourth-order valence-corrected chi connectivity index (χ4v) is 2.64. The SMILES string of the molecule is COc1cc(C)c(C(N)Cc2cccc(Cl)c2)cc1OC. The lowest BCUT2D eigenvalue weighted by molar-refractivity contribution is 0.354. The Morgan fingerprint density at radius 1 is 1.10 bits per heavy atom. The van der Waals surface area contributed by atoms with E-state index < -0.39 is 0 Å². The maximum atomic E-state index is 6.35. The number of hydrogen-bond donors (Lipinski definition) is 1. The summed E-state index contributed by atoms with van der Waals surface area (Å²) in [4.78, 5) is 0. The summed E-state index contributed by atoms with van der Waals surface area (Å²) < 4.78 is 10.7. The minimum Gasteiger partial charge on any atom is -0.493 e. The highest BCUT2D eigenvalue weighted by Crippen LogP contribution is 2.33. The molecule has 0 aliphatic carbocycles. The molecule has 0 saturated carbocycles. The Bertz CT molecular complexity index is 628. The number of ether oxygens (including phenoxy) is 2. The third-order valence-electron chi connectivity index (χ3n) is 3.52. The van der Waals surface area contributed by atoms with Crippen molar-refractivity contribution >= 4 is 11.6 Å². The number of hydrogen-bond acceptors (Lipinski definition) is 3. The molecule has 1 unspecified atom stereocenters. The molecule has 2 aromatic carbocycles. The van der Waals surface area contributed by atoms with Gasteiger partial charge in [0.15, 0.2) is 11.5 Å². The molecular weight excluding hydrogens is 286 g/mol. The Kier molecular flexibility index (Phi) is 5.10. The van der Waals surface area contributed by atoms with E-state index in [2.05, 4.69) is 0 Å².